The number of amides is 1. The molecule has 6 heteroatoms. The fourth-order valence-electron chi connectivity index (χ4n) is 3.03. The molecule has 1 amide bonds. The molecule has 6 nitrogen and oxygen atoms in total. The van der Waals surface area contributed by atoms with Crippen LogP contribution in [0.2, 0.25) is 0 Å². The number of ether oxygens (including phenoxy) is 1. The second-order valence-corrected chi connectivity index (χ2v) is 6.45. The maximum atomic E-state index is 12.5. The molecule has 0 atom stereocenters. The zero-order chi connectivity index (χ0) is 17.6. The van der Waals surface area contributed by atoms with E-state index in [0.717, 1.165) is 16.6 Å². The SMILES string of the molecule is Cc1cc(OC2CN(C(=O)c3cc4ccccc4[nH]3)C2)cc(=O)n1C. The summed E-state index contributed by atoms with van der Waals surface area (Å²) in [7, 11) is 1.73. The molecule has 1 saturated heterocycles. The Kier molecular flexibility index (Phi) is 3.60. The van der Waals surface area contributed by atoms with E-state index in [1.54, 1.807) is 16.5 Å². The molecule has 0 bridgehead atoms. The highest BCUT2D eigenvalue weighted by Crippen LogP contribution is 2.21. The van der Waals surface area contributed by atoms with Crippen LogP contribution in [0.25, 0.3) is 10.9 Å². The van der Waals surface area contributed by atoms with Crippen LogP contribution in [-0.2, 0) is 7.05 Å². The molecule has 0 saturated carbocycles. The highest BCUT2D eigenvalue weighted by molar-refractivity contribution is 5.98. The molecular weight excluding hydrogens is 318 g/mol. The molecule has 3 aromatic rings. The number of likely N-dealkylation sites (tertiary alicyclic amines) is 1. The van der Waals surface area contributed by atoms with Gasteiger partial charge in [-0.15, -0.1) is 0 Å². The summed E-state index contributed by atoms with van der Waals surface area (Å²) in [5.41, 5.74) is 2.28. The first-order chi connectivity index (χ1) is 12.0. The van der Waals surface area contributed by atoms with Crippen molar-refractivity contribution in [2.75, 3.05) is 13.1 Å². The Hall–Kier alpha value is -3.02. The predicted molar refractivity (Wildman–Crippen MR) is 95.0 cm³/mol. The van der Waals surface area contributed by atoms with Crippen LogP contribution in [0.1, 0.15) is 16.2 Å². The molecule has 4 rings (SSSR count). The molecule has 2 aromatic heterocycles. The van der Waals surface area contributed by atoms with Crippen LogP contribution in [0, 0.1) is 6.92 Å². The number of nitrogens with zero attached hydrogens (tertiary/aromatic N) is 2. The molecule has 1 fully saturated rings. The third-order valence-electron chi connectivity index (χ3n) is 4.67. The van der Waals surface area contributed by atoms with E-state index in [-0.39, 0.29) is 17.6 Å². The van der Waals surface area contributed by atoms with E-state index in [0.29, 0.717) is 24.5 Å². The summed E-state index contributed by atoms with van der Waals surface area (Å²) in [6, 6.07) is 13.0. The van der Waals surface area contributed by atoms with Crippen molar-refractivity contribution in [1.82, 2.24) is 14.5 Å². The molecule has 0 aliphatic carbocycles. The smallest absolute Gasteiger partial charge is 0.270 e. The van der Waals surface area contributed by atoms with E-state index in [9.17, 15) is 9.59 Å². The van der Waals surface area contributed by atoms with E-state index in [1.807, 2.05) is 43.3 Å². The normalized spacial score (nSPS) is 14.6. The standard InChI is InChI=1S/C19H19N3O3/c1-12-7-14(9-18(23)21(12)2)25-15-10-22(11-15)19(24)17-8-13-5-3-4-6-16(13)20-17/h3-9,15,20H,10-11H2,1-2H3. The Morgan fingerprint density at radius 1 is 1.20 bits per heavy atom. The Bertz CT molecular complexity index is 979. The highest BCUT2D eigenvalue weighted by atomic mass is 16.5. The van der Waals surface area contributed by atoms with Crippen molar-refractivity contribution in [2.45, 2.75) is 13.0 Å². The van der Waals surface area contributed by atoms with Gasteiger partial charge in [0, 0.05) is 29.7 Å². The van der Waals surface area contributed by atoms with Gasteiger partial charge in [0.15, 0.2) is 0 Å². The Labute approximate surface area is 144 Å². The first-order valence-electron chi connectivity index (χ1n) is 8.22. The molecule has 1 N–H and O–H groups in total. The van der Waals surface area contributed by atoms with Crippen molar-refractivity contribution in [3.63, 3.8) is 0 Å². The van der Waals surface area contributed by atoms with Gasteiger partial charge in [-0.25, -0.2) is 0 Å². The monoisotopic (exact) mass is 337 g/mol. The predicted octanol–water partition coefficient (Wildman–Crippen LogP) is 2.08. The largest absolute Gasteiger partial charge is 0.486 e. The highest BCUT2D eigenvalue weighted by Gasteiger charge is 2.33. The van der Waals surface area contributed by atoms with Crippen LogP contribution in [0.4, 0.5) is 0 Å². The van der Waals surface area contributed by atoms with Gasteiger partial charge in [-0.1, -0.05) is 18.2 Å². The molecule has 1 aromatic carbocycles. The van der Waals surface area contributed by atoms with E-state index in [2.05, 4.69) is 4.98 Å². The number of hydrogen-bond acceptors (Lipinski definition) is 3. The van der Waals surface area contributed by atoms with Crippen LogP contribution in [0.15, 0.2) is 47.3 Å². The summed E-state index contributed by atoms with van der Waals surface area (Å²) < 4.78 is 7.39. The first-order valence-corrected chi connectivity index (χ1v) is 8.22. The maximum Gasteiger partial charge on any atom is 0.270 e. The van der Waals surface area contributed by atoms with E-state index in [1.165, 1.54) is 6.07 Å². The molecule has 1 aliphatic rings. The fraction of sp³-hybridized carbons (Fsp3) is 0.263. The summed E-state index contributed by atoms with van der Waals surface area (Å²) in [6.45, 7) is 2.89. The van der Waals surface area contributed by atoms with Crippen molar-refractivity contribution in [1.29, 1.82) is 0 Å². The minimum absolute atomic E-state index is 0.0313. The number of aromatic amines is 1. The maximum absolute atomic E-state index is 12.5. The zero-order valence-corrected chi connectivity index (χ0v) is 14.2. The lowest BCUT2D eigenvalue weighted by atomic mass is 10.1. The number of fused-ring (bicyclic) bond motifs is 1. The average Bonchev–Trinajstić information content (AvgIpc) is 2.99. The van der Waals surface area contributed by atoms with Crippen molar-refractivity contribution in [3.05, 3.63) is 64.2 Å². The summed E-state index contributed by atoms with van der Waals surface area (Å²) in [5.74, 6) is 0.527. The summed E-state index contributed by atoms with van der Waals surface area (Å²) in [4.78, 5) is 29.2. The van der Waals surface area contributed by atoms with E-state index < -0.39 is 0 Å². The van der Waals surface area contributed by atoms with Gasteiger partial charge in [0.25, 0.3) is 11.5 Å². The van der Waals surface area contributed by atoms with Crippen LogP contribution in [0.5, 0.6) is 5.75 Å². The number of aryl methyl sites for hydroxylation is 1. The number of carbonyl (C=O) groups is 1. The Balaban J connectivity index is 1.41. The molecule has 0 unspecified atom stereocenters. The van der Waals surface area contributed by atoms with Gasteiger partial charge < -0.3 is 19.2 Å². The second-order valence-electron chi connectivity index (χ2n) is 6.45. The molecule has 3 heterocycles. The summed E-state index contributed by atoms with van der Waals surface area (Å²) in [6.07, 6.45) is -0.0835. The number of aromatic nitrogens is 2. The van der Waals surface area contributed by atoms with E-state index in [4.69, 9.17) is 4.74 Å². The summed E-state index contributed by atoms with van der Waals surface area (Å²) >= 11 is 0. The molecule has 0 radical (unpaired) electrons. The quantitative estimate of drug-likeness (QED) is 0.796. The lowest BCUT2D eigenvalue weighted by molar-refractivity contribution is 0.0173. The molecular formula is C19H19N3O3. The number of pyridine rings is 1. The molecule has 0 spiro atoms. The molecule has 25 heavy (non-hydrogen) atoms. The average molecular weight is 337 g/mol. The Morgan fingerprint density at radius 3 is 2.68 bits per heavy atom. The number of benzene rings is 1. The number of carbonyl (C=O) groups excluding carboxylic acids is 1. The zero-order valence-electron chi connectivity index (χ0n) is 14.2. The topological polar surface area (TPSA) is 67.3 Å². The number of rotatable bonds is 3. The third kappa shape index (κ3) is 2.80. The number of hydrogen-bond donors (Lipinski definition) is 1. The minimum atomic E-state index is -0.0969. The van der Waals surface area contributed by atoms with Gasteiger partial charge in [0.1, 0.15) is 17.5 Å². The van der Waals surface area contributed by atoms with Crippen molar-refractivity contribution < 1.29 is 9.53 Å². The number of para-hydroxylation sites is 1. The lowest BCUT2D eigenvalue weighted by Gasteiger charge is -2.38. The minimum Gasteiger partial charge on any atom is -0.486 e. The van der Waals surface area contributed by atoms with Gasteiger partial charge in [-0.05, 0) is 25.1 Å². The lowest BCUT2D eigenvalue weighted by Crippen LogP contribution is -2.56. The molecule has 1 aliphatic heterocycles. The Morgan fingerprint density at radius 2 is 1.96 bits per heavy atom. The van der Waals surface area contributed by atoms with Gasteiger partial charge >= 0.3 is 0 Å². The van der Waals surface area contributed by atoms with Crippen LogP contribution in [0.3, 0.4) is 0 Å². The first kappa shape index (κ1) is 15.5. The summed E-state index contributed by atoms with van der Waals surface area (Å²) in [5, 5.41) is 1.02. The molecule has 128 valence electrons. The third-order valence-corrected chi connectivity index (χ3v) is 4.67. The van der Waals surface area contributed by atoms with Crippen LogP contribution < -0.4 is 10.3 Å². The van der Waals surface area contributed by atoms with Gasteiger partial charge in [-0.2, -0.15) is 0 Å². The van der Waals surface area contributed by atoms with Crippen molar-refractivity contribution >= 4 is 16.8 Å². The fourth-order valence-corrected chi connectivity index (χ4v) is 3.03. The number of H-pyrrole nitrogens is 1. The van der Waals surface area contributed by atoms with Gasteiger partial charge in [0.05, 0.1) is 13.1 Å². The van der Waals surface area contributed by atoms with Crippen LogP contribution in [-0.4, -0.2) is 39.6 Å². The van der Waals surface area contributed by atoms with Crippen molar-refractivity contribution in [3.8, 4) is 5.75 Å². The van der Waals surface area contributed by atoms with Crippen LogP contribution >= 0.6 is 0 Å². The second kappa shape index (κ2) is 5.81. The number of nitrogens with one attached hydrogen (secondary N) is 1. The van der Waals surface area contributed by atoms with E-state index >= 15 is 0 Å². The van der Waals surface area contributed by atoms with Gasteiger partial charge in [-0.3, -0.25) is 9.59 Å². The van der Waals surface area contributed by atoms with Crippen molar-refractivity contribution in [2.24, 2.45) is 7.05 Å². The van der Waals surface area contributed by atoms with Gasteiger partial charge in [0.2, 0.25) is 0 Å².